The van der Waals surface area contributed by atoms with Crippen LogP contribution in [0, 0.1) is 0 Å². The SMILES string of the molecule is CC(C)(C)c1cc(-c2ccc3c(c2)N(c2ccc(-c4ccccc4)cc2-c2ccccc2)c2cc(-n4c5ccc(C(C)(C)C)cc5c5cc(C(C)(C)C)ccc54)cc4c2B3c2ccc(-n3c5ccc(C(C)(C)C)cc5c5cc(C(C)(C)C)ccc53)cc2N4c2c(-c3ccccc3)cc(C(C)(C)C)cc2-c2nc(-c3ccccc3)nc(-c3ccccc3)n2)cc(C(C)(C)C)c1. The average Bonchev–Trinajstić information content (AvgIpc) is 1.67. The van der Waals surface area contributed by atoms with Crippen LogP contribution in [-0.2, 0) is 37.9 Å². The fraction of sp³-hybridized carbons (Fsp3) is 0.231. The molecule has 7 nitrogen and oxygen atoms in total. The maximum absolute atomic E-state index is 5.89. The van der Waals surface area contributed by atoms with Gasteiger partial charge in [-0.15, -0.1) is 0 Å². The summed E-state index contributed by atoms with van der Waals surface area (Å²) < 4.78 is 5.17. The van der Waals surface area contributed by atoms with Crippen LogP contribution in [0.4, 0.5) is 34.1 Å². The zero-order valence-electron chi connectivity index (χ0n) is 78.8. The van der Waals surface area contributed by atoms with Crippen molar-refractivity contribution in [2.75, 3.05) is 9.80 Å². The lowest BCUT2D eigenvalue weighted by molar-refractivity contribution is 0.569. The number of benzene rings is 15. The van der Waals surface area contributed by atoms with Crippen LogP contribution in [0.1, 0.15) is 184 Å². The summed E-state index contributed by atoms with van der Waals surface area (Å²) in [6.45, 7) is 48.9. The van der Waals surface area contributed by atoms with Crippen molar-refractivity contribution >= 4 is 101 Å². The van der Waals surface area contributed by atoms with Crippen molar-refractivity contribution in [1.29, 1.82) is 0 Å². The van der Waals surface area contributed by atoms with Crippen molar-refractivity contribution in [3.05, 3.63) is 360 Å². The van der Waals surface area contributed by atoms with Gasteiger partial charge in [-0.05, 0) is 230 Å². The third-order valence-corrected chi connectivity index (χ3v) is 27.2. The summed E-state index contributed by atoms with van der Waals surface area (Å²) >= 11 is 0. The maximum atomic E-state index is 5.89. The third-order valence-electron chi connectivity index (χ3n) is 27.2. The van der Waals surface area contributed by atoms with Crippen LogP contribution in [0.3, 0.4) is 0 Å². The first-order chi connectivity index (χ1) is 61.4. The number of hydrogen-bond donors (Lipinski definition) is 0. The molecule has 0 saturated heterocycles. The van der Waals surface area contributed by atoms with Crippen LogP contribution in [-0.4, -0.2) is 30.8 Å². The van der Waals surface area contributed by atoms with Gasteiger partial charge in [0.05, 0.1) is 39.1 Å². The Morgan fingerprint density at radius 1 is 0.209 bits per heavy atom. The Kier molecular flexibility index (Phi) is 19.9. The lowest BCUT2D eigenvalue weighted by atomic mass is 9.33. The molecular formula is C121H116BN7. The van der Waals surface area contributed by atoms with Crippen molar-refractivity contribution in [2.45, 2.75) is 183 Å². The first-order valence-electron chi connectivity index (χ1n) is 46.2. The normalized spacial score (nSPS) is 13.3. The van der Waals surface area contributed by atoms with Crippen LogP contribution in [0.5, 0.6) is 0 Å². The van der Waals surface area contributed by atoms with Crippen molar-refractivity contribution < 1.29 is 0 Å². The van der Waals surface area contributed by atoms with Crippen molar-refractivity contribution in [3.63, 3.8) is 0 Å². The van der Waals surface area contributed by atoms with E-state index in [-0.39, 0.29) is 44.6 Å². The molecule has 0 saturated carbocycles. The van der Waals surface area contributed by atoms with E-state index in [1.54, 1.807) is 0 Å². The molecule has 3 aromatic heterocycles. The van der Waals surface area contributed by atoms with E-state index in [9.17, 15) is 0 Å². The summed E-state index contributed by atoms with van der Waals surface area (Å²) in [6.07, 6.45) is 0. The summed E-state index contributed by atoms with van der Waals surface area (Å²) in [6, 6.07) is 123. The van der Waals surface area contributed by atoms with E-state index >= 15 is 0 Å². The molecule has 20 rings (SSSR count). The molecule has 0 spiro atoms. The minimum Gasteiger partial charge on any atom is -0.311 e. The Bertz CT molecular complexity index is 7260. The van der Waals surface area contributed by atoms with Gasteiger partial charge >= 0.3 is 0 Å². The van der Waals surface area contributed by atoms with E-state index in [4.69, 9.17) is 15.0 Å². The molecule has 0 bridgehead atoms. The maximum Gasteiger partial charge on any atom is 0.252 e. The van der Waals surface area contributed by atoms with Gasteiger partial charge in [-0.25, -0.2) is 15.0 Å². The van der Waals surface area contributed by atoms with Gasteiger partial charge in [-0.2, -0.15) is 0 Å². The van der Waals surface area contributed by atoms with E-state index in [1.165, 1.54) is 66.0 Å². The van der Waals surface area contributed by atoms with Gasteiger partial charge < -0.3 is 18.9 Å². The van der Waals surface area contributed by atoms with Gasteiger partial charge in [0.15, 0.2) is 17.5 Å². The Morgan fingerprint density at radius 2 is 0.550 bits per heavy atom. The molecule has 0 N–H and O–H groups in total. The zero-order chi connectivity index (χ0) is 90.1. The lowest BCUT2D eigenvalue weighted by Crippen LogP contribution is -2.61. The zero-order valence-corrected chi connectivity index (χ0v) is 78.8. The Hall–Kier alpha value is -13.4. The fourth-order valence-corrected chi connectivity index (χ4v) is 19.7. The van der Waals surface area contributed by atoms with Crippen LogP contribution >= 0.6 is 0 Å². The van der Waals surface area contributed by atoms with E-state index < -0.39 is 0 Å². The second-order valence-corrected chi connectivity index (χ2v) is 43.5. The van der Waals surface area contributed by atoms with Crippen molar-refractivity contribution in [3.8, 4) is 90.0 Å². The highest BCUT2D eigenvalue weighted by Gasteiger charge is 2.47. The highest BCUT2D eigenvalue weighted by Crippen LogP contribution is 2.55. The summed E-state index contributed by atoms with van der Waals surface area (Å²) in [5.41, 5.74) is 35.6. The van der Waals surface area contributed by atoms with Crippen LogP contribution in [0.2, 0.25) is 0 Å². The minimum atomic E-state index is -0.379. The Labute approximate surface area is 763 Å². The molecule has 18 aromatic rings. The number of fused-ring (bicyclic) bond motifs is 10. The monoisotopic (exact) mass is 1680 g/mol. The molecule has 0 radical (unpaired) electrons. The molecule has 5 heterocycles. The van der Waals surface area contributed by atoms with Gasteiger partial charge in [-0.3, -0.25) is 0 Å². The van der Waals surface area contributed by atoms with Gasteiger partial charge in [0.2, 0.25) is 0 Å². The Balaban J connectivity index is 1.01. The lowest BCUT2D eigenvalue weighted by Gasteiger charge is -2.46. The molecule has 0 atom stereocenters. The second kappa shape index (κ2) is 30.7. The van der Waals surface area contributed by atoms with Crippen molar-refractivity contribution in [1.82, 2.24) is 24.1 Å². The molecule has 0 fully saturated rings. The molecule has 8 heteroatoms. The largest absolute Gasteiger partial charge is 0.311 e. The van der Waals surface area contributed by atoms with Gasteiger partial charge in [-0.1, -0.05) is 364 Å². The summed E-state index contributed by atoms with van der Waals surface area (Å²) in [4.78, 5) is 22.6. The van der Waals surface area contributed by atoms with Gasteiger partial charge in [0.1, 0.15) is 0 Å². The minimum absolute atomic E-state index is 0.113. The molecular weight excluding hydrogens is 1560 g/mol. The number of rotatable bonds is 11. The van der Waals surface area contributed by atoms with Crippen LogP contribution < -0.4 is 26.2 Å². The van der Waals surface area contributed by atoms with E-state index in [0.717, 1.165) is 140 Å². The molecule has 0 amide bonds. The quantitative estimate of drug-likeness (QED) is 0.121. The molecule has 0 aliphatic carbocycles. The number of hydrogen-bond acceptors (Lipinski definition) is 5. The summed E-state index contributed by atoms with van der Waals surface area (Å²) in [7, 11) is 0. The van der Waals surface area contributed by atoms with E-state index in [1.807, 2.05) is 0 Å². The predicted molar refractivity (Wildman–Crippen MR) is 551 cm³/mol. The Morgan fingerprint density at radius 3 is 0.984 bits per heavy atom. The van der Waals surface area contributed by atoms with Gasteiger partial charge in [0.25, 0.3) is 6.71 Å². The predicted octanol–water partition coefficient (Wildman–Crippen LogP) is 30.9. The highest BCUT2D eigenvalue weighted by atomic mass is 15.2. The van der Waals surface area contributed by atoms with Crippen LogP contribution in [0.25, 0.3) is 134 Å². The molecule has 2 aliphatic rings. The molecule has 638 valence electrons. The second-order valence-electron chi connectivity index (χ2n) is 43.5. The van der Waals surface area contributed by atoms with Crippen LogP contribution in [0.15, 0.2) is 322 Å². The van der Waals surface area contributed by atoms with E-state index in [2.05, 4.69) is 486 Å². The highest BCUT2D eigenvalue weighted by molar-refractivity contribution is 7.00. The topological polar surface area (TPSA) is 55.0 Å². The smallest absolute Gasteiger partial charge is 0.252 e. The molecule has 2 aliphatic heterocycles. The summed E-state index contributed by atoms with van der Waals surface area (Å²) in [5, 5.41) is 4.87. The average molecular weight is 1680 g/mol. The fourth-order valence-electron chi connectivity index (χ4n) is 19.7. The standard InChI is InChI=1S/C121H116BN7/c1-115(2,3)83-49-57-102-94(66-83)95-67-84(116(4,5)6)50-58-103(95)126(102)90-53-55-100-107(72-90)129(111-93(77-41-31-24-32-42-77)70-89(121(19,20)21)71-98(111)114-124-112(78-43-33-25-34-44-78)123-113(125-114)79-45-35-26-36-46-79)109-74-91(127-104-59-51-85(117(7,8)9)68-96(104)97-69-86(118(10,11)12)52-60-105(97)127)73-108-110(109)122(100)99-54-47-81(82-61-87(119(13,14)15)65-88(62-82)120(16,17)18)64-106(99)128(108)101-56-48-80(75-37-27-22-28-38-75)63-92(101)76-39-29-23-30-40-76/h22-74H,1-21H3. The third kappa shape index (κ3) is 15.0. The van der Waals surface area contributed by atoms with Gasteiger partial charge in [0, 0.05) is 77.8 Å². The summed E-state index contributed by atoms with van der Waals surface area (Å²) in [5.74, 6) is 1.72. The van der Waals surface area contributed by atoms with Crippen molar-refractivity contribution in [2.24, 2.45) is 0 Å². The molecule has 129 heavy (non-hydrogen) atoms. The number of nitrogens with zero attached hydrogens (tertiary/aromatic N) is 7. The first kappa shape index (κ1) is 83.8. The molecule has 0 unspecified atom stereocenters. The first-order valence-corrected chi connectivity index (χ1v) is 46.2. The number of anilines is 6. The van der Waals surface area contributed by atoms with E-state index in [0.29, 0.717) is 17.5 Å². The number of aromatic nitrogens is 5. The molecule has 15 aromatic carbocycles.